The Morgan fingerprint density at radius 2 is 2.17 bits per heavy atom. The highest BCUT2D eigenvalue weighted by atomic mass is 32.2. The molecule has 128 valence electrons. The van der Waals surface area contributed by atoms with Gasteiger partial charge in [0, 0.05) is 17.1 Å². The summed E-state index contributed by atoms with van der Waals surface area (Å²) >= 11 is 3.20. The van der Waals surface area contributed by atoms with E-state index < -0.39 is 0 Å². The Morgan fingerprint density at radius 1 is 1.39 bits per heavy atom. The summed E-state index contributed by atoms with van der Waals surface area (Å²) in [6.45, 7) is 4.36. The molecule has 0 aliphatic heterocycles. The van der Waals surface area contributed by atoms with Gasteiger partial charge in [-0.05, 0) is 43.9 Å². The van der Waals surface area contributed by atoms with E-state index in [0.717, 1.165) is 37.0 Å². The summed E-state index contributed by atoms with van der Waals surface area (Å²) in [5.41, 5.74) is 1.69. The van der Waals surface area contributed by atoms with Crippen LogP contribution in [0, 0.1) is 5.92 Å². The van der Waals surface area contributed by atoms with Crippen LogP contribution < -0.4 is 5.32 Å². The van der Waals surface area contributed by atoms with Gasteiger partial charge >= 0.3 is 5.97 Å². The number of fused-ring (bicyclic) bond motifs is 1. The van der Waals surface area contributed by atoms with Gasteiger partial charge in [-0.1, -0.05) is 13.3 Å². The van der Waals surface area contributed by atoms with Crippen LogP contribution in [0.3, 0.4) is 0 Å². The second kappa shape index (κ2) is 8.73. The number of hydrogen-bond acceptors (Lipinski definition) is 5. The number of ether oxygens (including phenoxy) is 1. The van der Waals surface area contributed by atoms with E-state index in [0.29, 0.717) is 29.5 Å². The smallest absolute Gasteiger partial charge is 0.341 e. The molecule has 4 nitrogen and oxygen atoms in total. The first kappa shape index (κ1) is 18.3. The van der Waals surface area contributed by atoms with Gasteiger partial charge in [0.15, 0.2) is 0 Å². The maximum Gasteiger partial charge on any atom is 0.341 e. The predicted octanol–water partition coefficient (Wildman–Crippen LogP) is 4.13. The molecule has 1 unspecified atom stereocenters. The molecule has 1 atom stereocenters. The molecule has 1 aromatic rings. The van der Waals surface area contributed by atoms with E-state index in [4.69, 9.17) is 4.74 Å². The largest absolute Gasteiger partial charge is 0.462 e. The average molecular weight is 356 g/mol. The Labute approximate surface area is 146 Å². The van der Waals surface area contributed by atoms with Crippen LogP contribution in [0.25, 0.3) is 0 Å². The van der Waals surface area contributed by atoms with Crippen LogP contribution >= 0.6 is 23.1 Å². The Morgan fingerprint density at radius 3 is 2.83 bits per heavy atom. The second-order valence-corrected chi connectivity index (χ2v) is 7.83. The molecule has 2 rings (SSSR count). The molecule has 6 heteroatoms. The third-order valence-electron chi connectivity index (χ3n) is 4.21. The summed E-state index contributed by atoms with van der Waals surface area (Å²) < 4.78 is 5.22. The Hall–Kier alpha value is -1.01. The molecule has 23 heavy (non-hydrogen) atoms. The van der Waals surface area contributed by atoms with Crippen molar-refractivity contribution in [2.75, 3.05) is 23.9 Å². The molecule has 1 aliphatic rings. The van der Waals surface area contributed by atoms with E-state index in [9.17, 15) is 9.59 Å². The average Bonchev–Trinajstić information content (AvgIpc) is 2.89. The van der Waals surface area contributed by atoms with Crippen LogP contribution in [0.1, 0.15) is 53.9 Å². The van der Waals surface area contributed by atoms with Crippen molar-refractivity contribution < 1.29 is 14.3 Å². The molecular formula is C17H25NO3S2. The SMILES string of the molecule is CCOC(=O)c1c(NC(=O)CCSC)sc2c1CCC(CC)C2. The number of amides is 1. The van der Waals surface area contributed by atoms with Crippen molar-refractivity contribution >= 4 is 40.0 Å². The lowest BCUT2D eigenvalue weighted by molar-refractivity contribution is -0.115. The van der Waals surface area contributed by atoms with E-state index in [2.05, 4.69) is 12.2 Å². The number of hydrogen-bond donors (Lipinski definition) is 1. The van der Waals surface area contributed by atoms with Gasteiger partial charge in [-0.25, -0.2) is 4.79 Å². The van der Waals surface area contributed by atoms with Gasteiger partial charge in [0.25, 0.3) is 0 Å². The zero-order valence-corrected chi connectivity index (χ0v) is 15.7. The van der Waals surface area contributed by atoms with Gasteiger partial charge in [-0.3, -0.25) is 4.79 Å². The summed E-state index contributed by atoms with van der Waals surface area (Å²) in [6.07, 6.45) is 6.60. The number of esters is 1. The van der Waals surface area contributed by atoms with E-state index in [1.807, 2.05) is 6.26 Å². The first-order chi connectivity index (χ1) is 11.1. The number of thiophene rings is 1. The standard InChI is InChI=1S/C17H25NO3S2/c1-4-11-6-7-12-13(10-11)23-16(15(12)17(20)21-5-2)18-14(19)8-9-22-3/h11H,4-10H2,1-3H3,(H,18,19). The lowest BCUT2D eigenvalue weighted by atomic mass is 9.85. The van der Waals surface area contributed by atoms with E-state index in [-0.39, 0.29) is 11.9 Å². The summed E-state index contributed by atoms with van der Waals surface area (Å²) in [6, 6.07) is 0. The number of nitrogens with one attached hydrogen (secondary N) is 1. The number of rotatable bonds is 7. The lowest BCUT2D eigenvalue weighted by Gasteiger charge is -2.20. The molecule has 1 aromatic heterocycles. The monoisotopic (exact) mass is 355 g/mol. The molecule has 0 spiro atoms. The van der Waals surface area contributed by atoms with Crippen molar-refractivity contribution in [3.8, 4) is 0 Å². The topological polar surface area (TPSA) is 55.4 Å². The van der Waals surface area contributed by atoms with Gasteiger partial charge < -0.3 is 10.1 Å². The summed E-state index contributed by atoms with van der Waals surface area (Å²) in [7, 11) is 0. The summed E-state index contributed by atoms with van der Waals surface area (Å²) in [5.74, 6) is 1.12. The Balaban J connectivity index is 2.27. The first-order valence-electron chi connectivity index (χ1n) is 8.21. The van der Waals surface area contributed by atoms with Crippen molar-refractivity contribution in [1.29, 1.82) is 0 Å². The third-order valence-corrected chi connectivity index (χ3v) is 5.99. The molecule has 0 radical (unpaired) electrons. The van der Waals surface area contributed by atoms with Gasteiger partial charge in [-0.15, -0.1) is 11.3 Å². The first-order valence-corrected chi connectivity index (χ1v) is 10.4. The molecule has 0 aromatic carbocycles. The minimum Gasteiger partial charge on any atom is -0.462 e. The Bertz CT molecular complexity index is 568. The molecule has 0 saturated carbocycles. The third kappa shape index (κ3) is 4.51. The van der Waals surface area contributed by atoms with E-state index >= 15 is 0 Å². The minimum absolute atomic E-state index is 0.0319. The van der Waals surface area contributed by atoms with Crippen molar-refractivity contribution in [2.24, 2.45) is 5.92 Å². The number of carbonyl (C=O) groups excluding carboxylic acids is 2. The molecule has 1 amide bonds. The van der Waals surface area contributed by atoms with Crippen LogP contribution in [0.2, 0.25) is 0 Å². The number of carbonyl (C=O) groups is 2. The fourth-order valence-corrected chi connectivity index (χ4v) is 4.65. The van der Waals surface area contributed by atoms with Crippen molar-refractivity contribution in [3.05, 3.63) is 16.0 Å². The molecule has 0 saturated heterocycles. The van der Waals surface area contributed by atoms with Crippen LogP contribution in [0.15, 0.2) is 0 Å². The summed E-state index contributed by atoms with van der Waals surface area (Å²) in [5, 5.41) is 3.62. The molecule has 1 N–H and O–H groups in total. The second-order valence-electron chi connectivity index (χ2n) is 5.74. The molecular weight excluding hydrogens is 330 g/mol. The zero-order chi connectivity index (χ0) is 16.8. The van der Waals surface area contributed by atoms with E-state index in [1.54, 1.807) is 30.0 Å². The van der Waals surface area contributed by atoms with Gasteiger partial charge in [-0.2, -0.15) is 11.8 Å². The fourth-order valence-electron chi connectivity index (χ4n) is 2.89. The highest BCUT2D eigenvalue weighted by Crippen LogP contribution is 2.40. The van der Waals surface area contributed by atoms with Crippen molar-refractivity contribution in [3.63, 3.8) is 0 Å². The van der Waals surface area contributed by atoms with Gasteiger partial charge in [0.2, 0.25) is 5.91 Å². The maximum absolute atomic E-state index is 12.4. The van der Waals surface area contributed by atoms with Gasteiger partial charge in [0.1, 0.15) is 5.00 Å². The molecule has 1 heterocycles. The minimum atomic E-state index is -0.305. The maximum atomic E-state index is 12.4. The molecule has 0 bridgehead atoms. The van der Waals surface area contributed by atoms with Crippen LogP contribution in [-0.4, -0.2) is 30.5 Å². The zero-order valence-electron chi connectivity index (χ0n) is 14.1. The van der Waals surface area contributed by atoms with Crippen molar-refractivity contribution in [1.82, 2.24) is 0 Å². The normalized spacial score (nSPS) is 16.7. The Kier molecular flexibility index (Phi) is 6.96. The van der Waals surface area contributed by atoms with Crippen LogP contribution in [0.4, 0.5) is 5.00 Å². The lowest BCUT2D eigenvalue weighted by Crippen LogP contribution is -2.17. The highest BCUT2D eigenvalue weighted by molar-refractivity contribution is 7.98. The molecule has 1 aliphatic carbocycles. The van der Waals surface area contributed by atoms with E-state index in [1.165, 1.54) is 4.88 Å². The number of anilines is 1. The quantitative estimate of drug-likeness (QED) is 0.747. The number of thioether (sulfide) groups is 1. The van der Waals surface area contributed by atoms with Crippen LogP contribution in [-0.2, 0) is 22.4 Å². The fraction of sp³-hybridized carbons (Fsp3) is 0.647. The predicted molar refractivity (Wildman–Crippen MR) is 97.7 cm³/mol. The van der Waals surface area contributed by atoms with Crippen molar-refractivity contribution in [2.45, 2.75) is 46.0 Å². The highest BCUT2D eigenvalue weighted by Gasteiger charge is 2.29. The van der Waals surface area contributed by atoms with Gasteiger partial charge in [0.05, 0.1) is 12.2 Å². The molecule has 0 fully saturated rings. The summed E-state index contributed by atoms with van der Waals surface area (Å²) in [4.78, 5) is 25.7. The van der Waals surface area contributed by atoms with Crippen LogP contribution in [0.5, 0.6) is 0 Å².